The maximum Gasteiger partial charge on any atom is 1.00 e. The summed E-state index contributed by atoms with van der Waals surface area (Å²) in [6, 6.07) is 7.33. The predicted molar refractivity (Wildman–Crippen MR) is 60.2 cm³/mol. The fraction of sp³-hybridized carbons (Fsp3) is 0.462. The minimum absolute atomic E-state index is 0. The largest absolute Gasteiger partial charge is 1.00 e. The van der Waals surface area contributed by atoms with Crippen LogP contribution in [-0.4, -0.2) is 17.7 Å². The summed E-state index contributed by atoms with van der Waals surface area (Å²) in [5.74, 6) is -0.145. The maximum absolute atomic E-state index is 11.0. The molecule has 1 saturated carbocycles. The van der Waals surface area contributed by atoms with Gasteiger partial charge in [-0.25, -0.2) is 0 Å². The van der Waals surface area contributed by atoms with Crippen LogP contribution in [0.15, 0.2) is 24.3 Å². The van der Waals surface area contributed by atoms with Crippen molar-refractivity contribution in [1.29, 1.82) is 0 Å². The van der Waals surface area contributed by atoms with E-state index in [1.165, 1.54) is 5.23 Å². The minimum Gasteiger partial charge on any atom is -0.550 e. The zero-order valence-electron chi connectivity index (χ0n) is 11.3. The standard InChI is InChI=1S/C13H15NO4.K/c1-13(2)8(11(13)12(15)16)7-14-17-9-5-3-4-6-10(9)18-14;/h3-6,8,11H,7H2,1-2H3,(H,15,16);/q;+1/p-1. The summed E-state index contributed by atoms with van der Waals surface area (Å²) in [5.41, 5.74) is -0.264. The van der Waals surface area contributed by atoms with Crippen molar-refractivity contribution < 1.29 is 71.0 Å². The molecular weight excluding hydrogens is 273 g/mol. The number of carboxylic acids is 1. The zero-order valence-corrected chi connectivity index (χ0v) is 14.4. The molecule has 0 radical (unpaired) electrons. The summed E-state index contributed by atoms with van der Waals surface area (Å²) in [4.78, 5) is 21.9. The molecule has 1 aliphatic heterocycles. The van der Waals surface area contributed by atoms with Crippen LogP contribution in [0.25, 0.3) is 0 Å². The van der Waals surface area contributed by atoms with Crippen molar-refractivity contribution in [3.63, 3.8) is 0 Å². The monoisotopic (exact) mass is 287 g/mol. The summed E-state index contributed by atoms with van der Waals surface area (Å²) in [5, 5.41) is 12.3. The number of carbonyl (C=O) groups excluding carboxylic acids is 1. The SMILES string of the molecule is CC1(C)C(CN2Oc3ccccc3O2)C1C(=O)[O-].[K+]. The van der Waals surface area contributed by atoms with Crippen LogP contribution in [0.3, 0.4) is 0 Å². The number of hydrogen-bond donors (Lipinski definition) is 0. The number of nitrogens with zero attached hydrogens (tertiary/aromatic N) is 1. The molecule has 1 aliphatic carbocycles. The number of benzene rings is 1. The van der Waals surface area contributed by atoms with Gasteiger partial charge in [0.15, 0.2) is 11.5 Å². The van der Waals surface area contributed by atoms with E-state index in [2.05, 4.69) is 0 Å². The Hall–Kier alpha value is -0.114. The van der Waals surface area contributed by atoms with Crippen LogP contribution in [0.2, 0.25) is 0 Å². The Balaban J connectivity index is 0.00000133. The van der Waals surface area contributed by atoms with Gasteiger partial charge in [-0.2, -0.15) is 0 Å². The Morgan fingerprint density at radius 1 is 1.32 bits per heavy atom. The summed E-state index contributed by atoms with van der Waals surface area (Å²) in [6.07, 6.45) is 0. The molecule has 2 unspecified atom stereocenters. The molecule has 1 aromatic carbocycles. The number of fused-ring (bicyclic) bond motifs is 1. The van der Waals surface area contributed by atoms with Crippen molar-refractivity contribution in [3.8, 4) is 11.5 Å². The number of aliphatic carboxylic acids is 1. The van der Waals surface area contributed by atoms with Crippen molar-refractivity contribution in [2.45, 2.75) is 13.8 Å². The van der Waals surface area contributed by atoms with Gasteiger partial charge < -0.3 is 19.6 Å². The van der Waals surface area contributed by atoms with Gasteiger partial charge in [0.1, 0.15) is 0 Å². The molecule has 19 heavy (non-hydrogen) atoms. The third-order valence-corrected chi connectivity index (χ3v) is 3.90. The number of para-hydroxylation sites is 2. The summed E-state index contributed by atoms with van der Waals surface area (Å²) >= 11 is 0. The first-order chi connectivity index (χ1) is 8.50. The third kappa shape index (κ3) is 2.70. The molecule has 6 heteroatoms. The third-order valence-electron chi connectivity index (χ3n) is 3.90. The molecular formula is C13H14KNO4. The van der Waals surface area contributed by atoms with Gasteiger partial charge in [0.2, 0.25) is 0 Å². The topological polar surface area (TPSA) is 61.8 Å². The van der Waals surface area contributed by atoms with Gasteiger partial charge in [0.05, 0.1) is 6.54 Å². The molecule has 2 atom stereocenters. The van der Waals surface area contributed by atoms with Gasteiger partial charge in [-0.15, -0.1) is 0 Å². The molecule has 0 aromatic heterocycles. The average molecular weight is 287 g/mol. The second-order valence-corrected chi connectivity index (χ2v) is 5.37. The zero-order chi connectivity index (χ0) is 12.9. The number of rotatable bonds is 3. The van der Waals surface area contributed by atoms with Crippen LogP contribution in [0.1, 0.15) is 13.8 Å². The molecule has 0 N–H and O–H groups in total. The van der Waals surface area contributed by atoms with E-state index in [1.54, 1.807) is 0 Å². The number of hydroxylamine groups is 2. The van der Waals surface area contributed by atoms with Crippen LogP contribution in [0.4, 0.5) is 0 Å². The Kier molecular flexibility index (Phi) is 4.30. The first kappa shape index (κ1) is 15.3. The molecule has 3 rings (SSSR count). The van der Waals surface area contributed by atoms with Crippen molar-refractivity contribution in [1.82, 2.24) is 5.23 Å². The van der Waals surface area contributed by atoms with E-state index in [-0.39, 0.29) is 62.7 Å². The maximum atomic E-state index is 11.0. The first-order valence-corrected chi connectivity index (χ1v) is 5.93. The summed E-state index contributed by atoms with van der Waals surface area (Å²) in [6.45, 7) is 4.25. The fourth-order valence-corrected chi connectivity index (χ4v) is 2.63. The van der Waals surface area contributed by atoms with E-state index in [0.717, 1.165) is 0 Å². The van der Waals surface area contributed by atoms with Crippen molar-refractivity contribution >= 4 is 5.97 Å². The van der Waals surface area contributed by atoms with Gasteiger partial charge in [-0.05, 0) is 23.5 Å². The van der Waals surface area contributed by atoms with E-state index >= 15 is 0 Å². The number of carbonyl (C=O) groups is 1. The van der Waals surface area contributed by atoms with Gasteiger partial charge in [-0.3, -0.25) is 0 Å². The van der Waals surface area contributed by atoms with Crippen LogP contribution in [0, 0.1) is 17.3 Å². The van der Waals surface area contributed by atoms with Gasteiger partial charge in [0.25, 0.3) is 0 Å². The molecule has 96 valence electrons. The number of carboxylic acid groups (broad SMARTS) is 1. The smallest absolute Gasteiger partial charge is 0.550 e. The van der Waals surface area contributed by atoms with Crippen LogP contribution in [-0.2, 0) is 4.79 Å². The van der Waals surface area contributed by atoms with Crippen molar-refractivity contribution in [2.24, 2.45) is 17.3 Å². The number of hydrogen-bond acceptors (Lipinski definition) is 5. The van der Waals surface area contributed by atoms with E-state index < -0.39 is 11.9 Å². The Labute approximate surface area is 154 Å². The molecule has 1 fully saturated rings. The summed E-state index contributed by atoms with van der Waals surface area (Å²) < 4.78 is 0. The van der Waals surface area contributed by atoms with Crippen LogP contribution < -0.4 is 66.2 Å². The van der Waals surface area contributed by atoms with E-state index in [4.69, 9.17) is 9.68 Å². The van der Waals surface area contributed by atoms with Crippen LogP contribution in [0.5, 0.6) is 11.5 Å². The molecule has 1 heterocycles. The quantitative estimate of drug-likeness (QED) is 0.581. The molecule has 5 nitrogen and oxygen atoms in total. The predicted octanol–water partition coefficient (Wildman–Crippen LogP) is -2.38. The Bertz CT molecular complexity index is 480. The molecule has 1 aromatic rings. The normalized spacial score (nSPS) is 26.6. The molecule has 0 spiro atoms. The van der Waals surface area contributed by atoms with E-state index in [9.17, 15) is 9.90 Å². The van der Waals surface area contributed by atoms with Gasteiger partial charge >= 0.3 is 51.4 Å². The minimum atomic E-state index is -0.998. The Morgan fingerprint density at radius 2 is 1.84 bits per heavy atom. The average Bonchev–Trinajstić information content (AvgIpc) is 2.69. The van der Waals surface area contributed by atoms with Crippen molar-refractivity contribution in [2.75, 3.05) is 6.54 Å². The van der Waals surface area contributed by atoms with E-state index in [0.29, 0.717) is 18.0 Å². The van der Waals surface area contributed by atoms with Gasteiger partial charge in [-0.1, -0.05) is 26.0 Å². The first-order valence-electron chi connectivity index (χ1n) is 5.93. The van der Waals surface area contributed by atoms with Crippen molar-refractivity contribution in [3.05, 3.63) is 24.3 Å². The van der Waals surface area contributed by atoms with Gasteiger partial charge in [0, 0.05) is 17.1 Å². The Morgan fingerprint density at radius 3 is 2.26 bits per heavy atom. The van der Waals surface area contributed by atoms with Crippen LogP contribution >= 0.6 is 0 Å². The summed E-state index contributed by atoms with van der Waals surface area (Å²) in [7, 11) is 0. The fourth-order valence-electron chi connectivity index (χ4n) is 2.63. The van der Waals surface area contributed by atoms with E-state index in [1.807, 2.05) is 38.1 Å². The molecule has 2 aliphatic rings. The molecule has 0 bridgehead atoms. The second kappa shape index (κ2) is 5.35. The second-order valence-electron chi connectivity index (χ2n) is 5.37. The molecule has 0 amide bonds. The molecule has 0 saturated heterocycles.